The molecule has 0 heterocycles. The maximum Gasteiger partial charge on any atom is 0.223 e. The van der Waals surface area contributed by atoms with E-state index >= 15 is 0 Å². The van der Waals surface area contributed by atoms with Gasteiger partial charge in [0.25, 0.3) is 0 Å². The Labute approximate surface area is 132 Å². The lowest BCUT2D eigenvalue weighted by atomic mass is 10.1. The van der Waals surface area contributed by atoms with E-state index in [9.17, 15) is 9.90 Å². The van der Waals surface area contributed by atoms with E-state index in [1.54, 1.807) is 6.92 Å². The van der Waals surface area contributed by atoms with Crippen molar-refractivity contribution in [2.45, 2.75) is 39.0 Å². The van der Waals surface area contributed by atoms with E-state index in [2.05, 4.69) is 0 Å². The molecule has 0 saturated heterocycles. The highest BCUT2D eigenvalue weighted by Gasteiger charge is 2.15. The minimum atomic E-state index is -0.445. The summed E-state index contributed by atoms with van der Waals surface area (Å²) in [6.45, 7) is 2.90. The molecule has 1 amide bonds. The number of carbonyl (C=O) groups is 1. The van der Waals surface area contributed by atoms with Crippen molar-refractivity contribution in [2.24, 2.45) is 0 Å². The lowest BCUT2D eigenvalue weighted by Gasteiger charge is -2.23. The fourth-order valence-corrected chi connectivity index (χ4v) is 2.33. The van der Waals surface area contributed by atoms with E-state index in [0.717, 1.165) is 11.1 Å². The first-order valence-corrected chi connectivity index (χ1v) is 7.69. The number of aliphatic hydroxyl groups excluding tert-OH is 1. The summed E-state index contributed by atoms with van der Waals surface area (Å²) in [5.74, 6) is 0.0774. The van der Waals surface area contributed by atoms with Crippen LogP contribution in [0.3, 0.4) is 0 Å². The Morgan fingerprint density at radius 3 is 1.82 bits per heavy atom. The molecule has 0 fully saturated rings. The van der Waals surface area contributed by atoms with Crippen LogP contribution in [0.4, 0.5) is 0 Å². The third kappa shape index (κ3) is 5.34. The highest BCUT2D eigenvalue weighted by molar-refractivity contribution is 5.76. The van der Waals surface area contributed by atoms with Crippen molar-refractivity contribution in [3.05, 3.63) is 71.8 Å². The number of hydrogen-bond donors (Lipinski definition) is 1. The quantitative estimate of drug-likeness (QED) is 0.851. The van der Waals surface area contributed by atoms with Crippen LogP contribution < -0.4 is 0 Å². The molecule has 0 unspecified atom stereocenters. The second-order valence-electron chi connectivity index (χ2n) is 5.61. The van der Waals surface area contributed by atoms with Crippen LogP contribution in [0.1, 0.15) is 30.9 Å². The number of benzene rings is 2. The number of amides is 1. The molecule has 0 aliphatic carbocycles. The fraction of sp³-hybridized carbons (Fsp3) is 0.316. The molecule has 2 aromatic carbocycles. The van der Waals surface area contributed by atoms with Gasteiger partial charge in [0, 0.05) is 19.5 Å². The molecule has 2 rings (SSSR count). The van der Waals surface area contributed by atoms with Crippen molar-refractivity contribution < 1.29 is 9.90 Å². The third-order valence-electron chi connectivity index (χ3n) is 3.56. The van der Waals surface area contributed by atoms with Crippen LogP contribution in [0.25, 0.3) is 0 Å². The maximum atomic E-state index is 12.5. The Morgan fingerprint density at radius 1 is 0.955 bits per heavy atom. The Hall–Kier alpha value is -2.13. The molecule has 116 valence electrons. The smallest absolute Gasteiger partial charge is 0.223 e. The minimum absolute atomic E-state index is 0.0774. The molecule has 0 aromatic heterocycles. The Morgan fingerprint density at radius 2 is 1.41 bits per heavy atom. The topological polar surface area (TPSA) is 40.5 Å². The summed E-state index contributed by atoms with van der Waals surface area (Å²) in [5, 5.41) is 9.39. The molecule has 22 heavy (non-hydrogen) atoms. The Balaban J connectivity index is 2.07. The summed E-state index contributed by atoms with van der Waals surface area (Å²) in [6.07, 6.45) is 0.426. The molecule has 1 N–H and O–H groups in total. The molecule has 0 spiro atoms. The van der Waals surface area contributed by atoms with E-state index in [1.807, 2.05) is 65.6 Å². The second-order valence-corrected chi connectivity index (χ2v) is 5.61. The fourth-order valence-electron chi connectivity index (χ4n) is 2.33. The van der Waals surface area contributed by atoms with Crippen molar-refractivity contribution in [1.29, 1.82) is 0 Å². The van der Waals surface area contributed by atoms with Crippen molar-refractivity contribution in [3.63, 3.8) is 0 Å². The van der Waals surface area contributed by atoms with Gasteiger partial charge in [-0.15, -0.1) is 0 Å². The van der Waals surface area contributed by atoms with Crippen molar-refractivity contribution in [1.82, 2.24) is 4.90 Å². The average Bonchev–Trinajstić information content (AvgIpc) is 2.54. The van der Waals surface area contributed by atoms with E-state index in [4.69, 9.17) is 0 Å². The van der Waals surface area contributed by atoms with E-state index in [-0.39, 0.29) is 5.91 Å². The summed E-state index contributed by atoms with van der Waals surface area (Å²) >= 11 is 0. The number of aliphatic hydroxyl groups is 1. The molecule has 0 bridgehead atoms. The Bertz CT molecular complexity index is 525. The Kier molecular flexibility index (Phi) is 6.16. The summed E-state index contributed by atoms with van der Waals surface area (Å²) in [6, 6.07) is 20.0. The first-order valence-electron chi connectivity index (χ1n) is 7.69. The van der Waals surface area contributed by atoms with Crippen molar-refractivity contribution in [2.75, 3.05) is 0 Å². The SMILES string of the molecule is C[C@@H](O)CCC(=O)N(Cc1ccccc1)Cc1ccccc1. The molecule has 0 radical (unpaired) electrons. The van der Waals surface area contributed by atoms with Gasteiger partial charge in [-0.1, -0.05) is 60.7 Å². The molecular formula is C19H23NO2. The molecule has 0 aliphatic heterocycles. The molecule has 3 nitrogen and oxygen atoms in total. The third-order valence-corrected chi connectivity index (χ3v) is 3.56. The van der Waals surface area contributed by atoms with Gasteiger partial charge in [-0.3, -0.25) is 4.79 Å². The predicted molar refractivity (Wildman–Crippen MR) is 88.1 cm³/mol. The zero-order valence-corrected chi connectivity index (χ0v) is 13.0. The monoisotopic (exact) mass is 297 g/mol. The van der Waals surface area contributed by atoms with E-state index in [0.29, 0.717) is 25.9 Å². The predicted octanol–water partition coefficient (Wildman–Crippen LogP) is 3.38. The lowest BCUT2D eigenvalue weighted by molar-refractivity contribution is -0.133. The first kappa shape index (κ1) is 16.2. The van der Waals surface area contributed by atoms with Gasteiger partial charge in [0.05, 0.1) is 6.10 Å². The van der Waals surface area contributed by atoms with Crippen LogP contribution in [-0.2, 0) is 17.9 Å². The summed E-state index contributed by atoms with van der Waals surface area (Å²) in [5.41, 5.74) is 2.23. The van der Waals surface area contributed by atoms with Crippen LogP contribution >= 0.6 is 0 Å². The van der Waals surface area contributed by atoms with Gasteiger partial charge < -0.3 is 10.0 Å². The standard InChI is InChI=1S/C19H23NO2/c1-16(21)12-13-19(22)20(14-17-8-4-2-5-9-17)15-18-10-6-3-7-11-18/h2-11,16,21H,12-15H2,1H3/t16-/m1/s1. The number of hydrogen-bond acceptors (Lipinski definition) is 2. The van der Waals surface area contributed by atoms with Crippen molar-refractivity contribution >= 4 is 5.91 Å². The highest BCUT2D eigenvalue weighted by Crippen LogP contribution is 2.12. The van der Waals surface area contributed by atoms with Gasteiger partial charge in [-0.2, -0.15) is 0 Å². The lowest BCUT2D eigenvalue weighted by Crippen LogP contribution is -2.30. The summed E-state index contributed by atoms with van der Waals surface area (Å²) in [4.78, 5) is 14.3. The average molecular weight is 297 g/mol. The van der Waals surface area contributed by atoms with Crippen LogP contribution in [0, 0.1) is 0 Å². The summed E-state index contributed by atoms with van der Waals surface area (Å²) < 4.78 is 0. The van der Waals surface area contributed by atoms with E-state index in [1.165, 1.54) is 0 Å². The van der Waals surface area contributed by atoms with Crippen LogP contribution in [-0.4, -0.2) is 22.0 Å². The first-order chi connectivity index (χ1) is 10.6. The van der Waals surface area contributed by atoms with Crippen molar-refractivity contribution in [3.8, 4) is 0 Å². The molecule has 3 heteroatoms. The largest absolute Gasteiger partial charge is 0.393 e. The molecule has 1 atom stereocenters. The van der Waals surface area contributed by atoms with Crippen LogP contribution in [0.2, 0.25) is 0 Å². The highest BCUT2D eigenvalue weighted by atomic mass is 16.3. The van der Waals surface area contributed by atoms with E-state index < -0.39 is 6.10 Å². The molecular weight excluding hydrogens is 274 g/mol. The van der Waals surface area contributed by atoms with Gasteiger partial charge in [0.15, 0.2) is 0 Å². The zero-order chi connectivity index (χ0) is 15.8. The van der Waals surface area contributed by atoms with Gasteiger partial charge in [-0.25, -0.2) is 0 Å². The van der Waals surface area contributed by atoms with Crippen LogP contribution in [0.5, 0.6) is 0 Å². The number of nitrogens with zero attached hydrogens (tertiary/aromatic N) is 1. The minimum Gasteiger partial charge on any atom is -0.393 e. The number of rotatable bonds is 7. The normalized spacial score (nSPS) is 11.9. The molecule has 2 aromatic rings. The molecule has 0 aliphatic rings. The number of carbonyl (C=O) groups excluding carboxylic acids is 1. The van der Waals surface area contributed by atoms with Gasteiger partial charge >= 0.3 is 0 Å². The maximum absolute atomic E-state index is 12.5. The van der Waals surface area contributed by atoms with Gasteiger partial charge in [0.2, 0.25) is 5.91 Å². The second kappa shape index (κ2) is 8.35. The van der Waals surface area contributed by atoms with Crippen LogP contribution in [0.15, 0.2) is 60.7 Å². The molecule has 0 saturated carbocycles. The van der Waals surface area contributed by atoms with Gasteiger partial charge in [-0.05, 0) is 24.5 Å². The zero-order valence-electron chi connectivity index (χ0n) is 13.0. The summed E-state index contributed by atoms with van der Waals surface area (Å²) in [7, 11) is 0. The van der Waals surface area contributed by atoms with Gasteiger partial charge in [0.1, 0.15) is 0 Å².